The number of nitrogens with one attached hydrogen (secondary N) is 1. The zero-order chi connectivity index (χ0) is 12.8. The van der Waals surface area contributed by atoms with Crippen molar-refractivity contribution in [1.29, 1.82) is 0 Å². The molecule has 17 heavy (non-hydrogen) atoms. The number of aromatic nitrogens is 2. The molecule has 0 fully saturated rings. The second kappa shape index (κ2) is 6.12. The summed E-state index contributed by atoms with van der Waals surface area (Å²) in [5, 5.41) is 19.9. The number of carbonyl (C=O) groups is 2. The van der Waals surface area contributed by atoms with Crippen LogP contribution in [0.15, 0.2) is 12.4 Å². The zero-order valence-electron chi connectivity index (χ0n) is 8.63. The van der Waals surface area contributed by atoms with Gasteiger partial charge in [-0.25, -0.2) is 14.8 Å². The maximum Gasteiger partial charge on any atom is 0.332 e. The molecule has 0 aromatic carbocycles. The molecule has 0 aliphatic carbocycles. The van der Waals surface area contributed by atoms with Crippen molar-refractivity contribution in [3.63, 3.8) is 0 Å². The monoisotopic (exact) mass is 259 g/mol. The summed E-state index contributed by atoms with van der Waals surface area (Å²) < 4.78 is 0. The number of hydrogen-bond donors (Lipinski definition) is 3. The van der Waals surface area contributed by atoms with Crippen LogP contribution in [0.4, 0.5) is 0 Å². The fraction of sp³-hybridized carbons (Fsp3) is 0.333. The van der Waals surface area contributed by atoms with Crippen LogP contribution in [0.3, 0.4) is 0 Å². The molecule has 8 heteroatoms. The fourth-order valence-corrected chi connectivity index (χ4v) is 1.06. The Bertz CT molecular complexity index is 409. The predicted octanol–water partition coefficient (Wildman–Crippen LogP) is -0.305. The average Bonchev–Trinajstić information content (AvgIpc) is 2.29. The van der Waals surface area contributed by atoms with Gasteiger partial charge in [-0.3, -0.25) is 4.79 Å². The number of aliphatic carboxylic acids is 1. The Kier molecular flexibility index (Phi) is 4.80. The van der Waals surface area contributed by atoms with Crippen molar-refractivity contribution >= 4 is 23.5 Å². The summed E-state index contributed by atoms with van der Waals surface area (Å²) in [7, 11) is 0. The molecule has 1 heterocycles. The highest BCUT2D eigenvalue weighted by Crippen LogP contribution is 2.01. The molecule has 0 saturated heterocycles. The number of nitrogens with zero attached hydrogens (tertiary/aromatic N) is 2. The highest BCUT2D eigenvalue weighted by Gasteiger charge is 2.13. The van der Waals surface area contributed by atoms with Gasteiger partial charge in [0.05, 0.1) is 12.4 Å². The molecule has 0 spiro atoms. The first kappa shape index (κ1) is 13.3. The van der Waals surface area contributed by atoms with Gasteiger partial charge in [-0.2, -0.15) is 0 Å². The quantitative estimate of drug-likeness (QED) is 0.669. The lowest BCUT2D eigenvalue weighted by Gasteiger charge is -2.06. The molecule has 1 aromatic rings. The van der Waals surface area contributed by atoms with Crippen molar-refractivity contribution in [1.82, 2.24) is 15.3 Å². The molecular weight excluding hydrogens is 250 g/mol. The third-order valence-electron chi connectivity index (χ3n) is 1.84. The van der Waals surface area contributed by atoms with E-state index < -0.39 is 18.0 Å². The number of hydrogen-bond acceptors (Lipinski definition) is 5. The smallest absolute Gasteiger partial charge is 0.332 e. The van der Waals surface area contributed by atoms with E-state index in [0.29, 0.717) is 0 Å². The van der Waals surface area contributed by atoms with Crippen molar-refractivity contribution in [2.75, 3.05) is 6.54 Å². The molecule has 0 aliphatic rings. The number of aliphatic hydroxyl groups is 1. The van der Waals surface area contributed by atoms with Gasteiger partial charge >= 0.3 is 5.97 Å². The Balaban J connectivity index is 2.40. The van der Waals surface area contributed by atoms with E-state index in [2.05, 4.69) is 15.3 Å². The van der Waals surface area contributed by atoms with E-state index in [4.69, 9.17) is 21.8 Å². The van der Waals surface area contributed by atoms with Crippen LogP contribution in [-0.2, 0) is 4.79 Å². The van der Waals surface area contributed by atoms with Gasteiger partial charge in [-0.05, 0) is 0 Å². The second-order valence-electron chi connectivity index (χ2n) is 3.12. The van der Waals surface area contributed by atoms with Gasteiger partial charge in [0.1, 0.15) is 10.8 Å². The van der Waals surface area contributed by atoms with Crippen LogP contribution in [0.2, 0.25) is 5.15 Å². The summed E-state index contributed by atoms with van der Waals surface area (Å²) in [4.78, 5) is 29.1. The van der Waals surface area contributed by atoms with Gasteiger partial charge < -0.3 is 15.5 Å². The number of halogens is 1. The molecular formula is C9H10ClN3O4. The molecule has 7 nitrogen and oxygen atoms in total. The van der Waals surface area contributed by atoms with Crippen molar-refractivity contribution in [3.05, 3.63) is 23.2 Å². The molecule has 0 radical (unpaired) electrons. The van der Waals surface area contributed by atoms with Crippen LogP contribution in [0.25, 0.3) is 0 Å². The molecule has 92 valence electrons. The Morgan fingerprint density at radius 1 is 1.41 bits per heavy atom. The van der Waals surface area contributed by atoms with Crippen molar-refractivity contribution in [2.45, 2.75) is 12.5 Å². The minimum absolute atomic E-state index is 0.0244. The van der Waals surface area contributed by atoms with E-state index in [0.717, 1.165) is 0 Å². The molecule has 1 aromatic heterocycles. The Labute approximate surface area is 101 Å². The predicted molar refractivity (Wildman–Crippen MR) is 57.6 cm³/mol. The van der Waals surface area contributed by atoms with E-state index in [9.17, 15) is 9.59 Å². The summed E-state index contributed by atoms with van der Waals surface area (Å²) in [6.07, 6.45) is 0.849. The van der Waals surface area contributed by atoms with Gasteiger partial charge in [0, 0.05) is 13.0 Å². The SMILES string of the molecule is O=C(NCCC(O)C(=O)O)c1cnc(Cl)cn1. The Morgan fingerprint density at radius 2 is 2.12 bits per heavy atom. The van der Waals surface area contributed by atoms with Crippen LogP contribution in [0, 0.1) is 0 Å². The van der Waals surface area contributed by atoms with Gasteiger partial charge in [-0.15, -0.1) is 0 Å². The minimum atomic E-state index is -1.49. The summed E-state index contributed by atoms with van der Waals surface area (Å²) >= 11 is 5.49. The lowest BCUT2D eigenvalue weighted by Crippen LogP contribution is -2.30. The number of carbonyl (C=O) groups excluding carboxylic acids is 1. The lowest BCUT2D eigenvalue weighted by molar-refractivity contribution is -0.146. The number of carboxylic acid groups (broad SMARTS) is 1. The third-order valence-corrected chi connectivity index (χ3v) is 2.04. The van der Waals surface area contributed by atoms with Gasteiger partial charge in [0.25, 0.3) is 5.91 Å². The van der Waals surface area contributed by atoms with Crippen LogP contribution < -0.4 is 5.32 Å². The topological polar surface area (TPSA) is 112 Å². The maximum absolute atomic E-state index is 11.4. The Hall–Kier alpha value is -1.73. The minimum Gasteiger partial charge on any atom is -0.479 e. The maximum atomic E-state index is 11.4. The first-order chi connectivity index (χ1) is 8.00. The largest absolute Gasteiger partial charge is 0.479 e. The average molecular weight is 260 g/mol. The molecule has 1 atom stereocenters. The van der Waals surface area contributed by atoms with Crippen LogP contribution in [-0.4, -0.2) is 44.7 Å². The van der Waals surface area contributed by atoms with E-state index in [1.165, 1.54) is 12.4 Å². The van der Waals surface area contributed by atoms with Gasteiger partial charge in [0.15, 0.2) is 6.10 Å². The molecule has 0 aliphatic heterocycles. The van der Waals surface area contributed by atoms with Crippen molar-refractivity contribution in [3.8, 4) is 0 Å². The molecule has 0 saturated carbocycles. The molecule has 3 N–H and O–H groups in total. The van der Waals surface area contributed by atoms with Crippen molar-refractivity contribution in [2.24, 2.45) is 0 Å². The summed E-state index contributed by atoms with van der Waals surface area (Å²) in [6.45, 7) is 0.0244. The van der Waals surface area contributed by atoms with Crippen LogP contribution >= 0.6 is 11.6 Å². The normalized spacial score (nSPS) is 11.9. The standard InChI is InChI=1S/C9H10ClN3O4/c10-7-4-12-5(3-13-7)8(15)11-2-1-6(14)9(16)17/h3-4,6,14H,1-2H2,(H,11,15)(H,16,17). The van der Waals surface area contributed by atoms with Gasteiger partial charge in [0.2, 0.25) is 0 Å². The number of carboxylic acids is 1. The fourth-order valence-electron chi connectivity index (χ4n) is 0.966. The lowest BCUT2D eigenvalue weighted by atomic mass is 10.2. The van der Waals surface area contributed by atoms with E-state index >= 15 is 0 Å². The number of rotatable bonds is 5. The highest BCUT2D eigenvalue weighted by atomic mass is 35.5. The Morgan fingerprint density at radius 3 is 2.65 bits per heavy atom. The highest BCUT2D eigenvalue weighted by molar-refractivity contribution is 6.29. The molecule has 1 rings (SSSR count). The third kappa shape index (κ3) is 4.33. The van der Waals surface area contributed by atoms with Gasteiger partial charge in [-0.1, -0.05) is 11.6 Å². The number of amides is 1. The first-order valence-electron chi connectivity index (χ1n) is 4.67. The molecule has 0 bridgehead atoms. The second-order valence-corrected chi connectivity index (χ2v) is 3.51. The van der Waals surface area contributed by atoms with E-state index in [1.54, 1.807) is 0 Å². The number of aliphatic hydroxyl groups excluding tert-OH is 1. The summed E-state index contributed by atoms with van der Waals surface area (Å²) in [5.41, 5.74) is 0.0687. The molecule has 1 unspecified atom stereocenters. The molecule has 1 amide bonds. The van der Waals surface area contributed by atoms with E-state index in [-0.39, 0.29) is 23.8 Å². The van der Waals surface area contributed by atoms with Crippen molar-refractivity contribution < 1.29 is 19.8 Å². The summed E-state index contributed by atoms with van der Waals surface area (Å²) in [6, 6.07) is 0. The van der Waals surface area contributed by atoms with Crippen LogP contribution in [0.5, 0.6) is 0 Å². The zero-order valence-corrected chi connectivity index (χ0v) is 9.39. The van der Waals surface area contributed by atoms with Crippen LogP contribution in [0.1, 0.15) is 16.9 Å². The summed E-state index contributed by atoms with van der Waals surface area (Å²) in [5.74, 6) is -1.84. The van der Waals surface area contributed by atoms with E-state index in [1.807, 2.05) is 0 Å². The first-order valence-corrected chi connectivity index (χ1v) is 5.05.